The zero-order chi connectivity index (χ0) is 28.4. The van der Waals surface area contributed by atoms with Gasteiger partial charge in [0.25, 0.3) is 0 Å². The maximum absolute atomic E-state index is 2.76. The number of rotatable bonds is 7. The first-order chi connectivity index (χ1) is 19.8. The molecule has 8 atom stereocenters. The Bertz CT molecular complexity index is 1360. The van der Waals surface area contributed by atoms with Gasteiger partial charge in [-0.1, -0.05) is 102 Å². The Hall–Kier alpha value is -2.02. The van der Waals surface area contributed by atoms with E-state index in [2.05, 4.69) is 93.8 Å². The molecule has 0 radical (unpaired) electrons. The Morgan fingerprint density at radius 2 is 1.56 bits per heavy atom. The number of aromatic nitrogens is 1. The molecule has 3 fully saturated rings. The zero-order valence-corrected chi connectivity index (χ0v) is 26.7. The van der Waals surface area contributed by atoms with Crippen molar-refractivity contribution in [2.24, 2.45) is 52.3 Å². The van der Waals surface area contributed by atoms with E-state index in [0.29, 0.717) is 10.8 Å². The molecule has 1 aromatic heterocycles. The third kappa shape index (κ3) is 4.55. The molecule has 0 amide bonds. The lowest BCUT2D eigenvalue weighted by molar-refractivity contribution is -0.103. The van der Waals surface area contributed by atoms with Crippen LogP contribution in [0.3, 0.4) is 0 Å². The van der Waals surface area contributed by atoms with Crippen LogP contribution in [-0.4, -0.2) is 4.57 Å². The van der Waals surface area contributed by atoms with Crippen molar-refractivity contribution < 1.29 is 0 Å². The maximum atomic E-state index is 2.76. The van der Waals surface area contributed by atoms with Crippen LogP contribution in [0, 0.1) is 52.3 Å². The Kier molecular flexibility index (Phi) is 7.19. The van der Waals surface area contributed by atoms with E-state index in [4.69, 9.17) is 0 Å². The van der Waals surface area contributed by atoms with E-state index < -0.39 is 0 Å². The predicted molar refractivity (Wildman–Crippen MR) is 174 cm³/mol. The zero-order valence-electron chi connectivity index (χ0n) is 26.7. The van der Waals surface area contributed by atoms with E-state index in [1.807, 2.05) is 0 Å². The van der Waals surface area contributed by atoms with Crippen molar-refractivity contribution in [1.29, 1.82) is 0 Å². The van der Waals surface area contributed by atoms with E-state index >= 15 is 0 Å². The second kappa shape index (κ2) is 10.6. The molecule has 7 rings (SSSR count). The Morgan fingerprint density at radius 3 is 2.37 bits per heavy atom. The van der Waals surface area contributed by atoms with Crippen molar-refractivity contribution >= 4 is 10.9 Å². The van der Waals surface area contributed by atoms with Gasteiger partial charge in [0.2, 0.25) is 0 Å². The fourth-order valence-corrected chi connectivity index (χ4v) is 11.6. The van der Waals surface area contributed by atoms with Crippen LogP contribution in [0.5, 0.6) is 0 Å². The van der Waals surface area contributed by atoms with Crippen LogP contribution < -0.4 is 0 Å². The number of para-hydroxylation sites is 1. The van der Waals surface area contributed by atoms with E-state index in [1.165, 1.54) is 87.1 Å². The van der Waals surface area contributed by atoms with Crippen molar-refractivity contribution in [2.75, 3.05) is 0 Å². The average molecular weight is 550 g/mol. The fraction of sp³-hybridized carbons (Fsp3) is 0.650. The number of nitrogens with zero attached hydrogens (tertiary/aromatic N) is 1. The largest absolute Gasteiger partial charge is 0.340 e. The number of hydrogen-bond acceptors (Lipinski definition) is 0. The van der Waals surface area contributed by atoms with Gasteiger partial charge in [0, 0.05) is 23.1 Å². The standard InChI is InChI=1S/C40H55N/c1-27(2)12-11-13-28(3)34-20-21-35-32-19-18-30-24-38-33(25-40(30,5)36(32)22-23-39(34,35)4)31-16-9-10-17-37(31)41(38)26-29-14-7-6-8-15-29/h6-10,14-17,27-28,30,32,34-36H,11-13,18-26H2,1-5H3/t28-,30+,32+,34-,35+,36+,39-,40+/m1/s1. The highest BCUT2D eigenvalue weighted by Crippen LogP contribution is 2.68. The summed E-state index contributed by atoms with van der Waals surface area (Å²) >= 11 is 0. The van der Waals surface area contributed by atoms with Crippen molar-refractivity contribution in [3.05, 3.63) is 71.4 Å². The second-order valence-corrected chi connectivity index (χ2v) is 16.1. The lowest BCUT2D eigenvalue weighted by Gasteiger charge is -2.60. The van der Waals surface area contributed by atoms with Crippen LogP contribution >= 0.6 is 0 Å². The van der Waals surface area contributed by atoms with Gasteiger partial charge in [-0.25, -0.2) is 0 Å². The van der Waals surface area contributed by atoms with Crippen molar-refractivity contribution in [3.8, 4) is 0 Å². The first-order valence-corrected chi connectivity index (χ1v) is 17.4. The van der Waals surface area contributed by atoms with Crippen molar-refractivity contribution in [3.63, 3.8) is 0 Å². The Morgan fingerprint density at radius 1 is 0.805 bits per heavy atom. The fourth-order valence-electron chi connectivity index (χ4n) is 11.6. The summed E-state index contributed by atoms with van der Waals surface area (Å²) < 4.78 is 2.70. The molecule has 0 aliphatic heterocycles. The minimum Gasteiger partial charge on any atom is -0.340 e. The van der Waals surface area contributed by atoms with E-state index in [0.717, 1.165) is 48.0 Å². The summed E-state index contributed by atoms with van der Waals surface area (Å²) in [5.41, 5.74) is 7.29. The minimum atomic E-state index is 0.458. The smallest absolute Gasteiger partial charge is 0.0488 e. The maximum Gasteiger partial charge on any atom is 0.0488 e. The molecule has 3 aromatic rings. The Balaban J connectivity index is 1.16. The Labute approximate surface area is 250 Å². The molecular weight excluding hydrogens is 494 g/mol. The highest BCUT2D eigenvalue weighted by atomic mass is 15.0. The molecule has 4 aliphatic carbocycles. The van der Waals surface area contributed by atoms with Gasteiger partial charge in [-0.2, -0.15) is 0 Å². The molecule has 2 aromatic carbocycles. The summed E-state index contributed by atoms with van der Waals surface area (Å²) in [6.07, 6.45) is 15.8. The van der Waals surface area contributed by atoms with Crippen molar-refractivity contribution in [2.45, 2.75) is 112 Å². The molecule has 0 saturated heterocycles. The number of benzene rings is 2. The highest BCUT2D eigenvalue weighted by Gasteiger charge is 2.60. The average Bonchev–Trinajstić information content (AvgIpc) is 3.46. The van der Waals surface area contributed by atoms with Crippen LogP contribution in [0.25, 0.3) is 10.9 Å². The predicted octanol–water partition coefficient (Wildman–Crippen LogP) is 10.7. The van der Waals surface area contributed by atoms with Gasteiger partial charge < -0.3 is 4.57 Å². The van der Waals surface area contributed by atoms with Gasteiger partial charge in [-0.3, -0.25) is 0 Å². The molecule has 4 aliphatic rings. The molecule has 0 unspecified atom stereocenters. The first kappa shape index (κ1) is 27.8. The third-order valence-electron chi connectivity index (χ3n) is 13.6. The van der Waals surface area contributed by atoms with Gasteiger partial charge in [-0.15, -0.1) is 0 Å². The van der Waals surface area contributed by atoms with Crippen LogP contribution in [0.1, 0.15) is 109 Å². The molecular formula is C40H55N. The summed E-state index contributed by atoms with van der Waals surface area (Å²) in [6.45, 7) is 13.9. The van der Waals surface area contributed by atoms with Crippen LogP contribution in [0.2, 0.25) is 0 Å². The molecule has 0 spiro atoms. The van der Waals surface area contributed by atoms with Crippen LogP contribution in [0.4, 0.5) is 0 Å². The van der Waals surface area contributed by atoms with Gasteiger partial charge in [0.15, 0.2) is 0 Å². The molecule has 0 bridgehead atoms. The van der Waals surface area contributed by atoms with E-state index in [9.17, 15) is 0 Å². The SMILES string of the molecule is CC(C)CCC[C@@H](C)[C@H]1CC[C@H]2[C@@H]3CC[C@H]4Cc5c(c6ccccc6n5Cc5ccccc5)C[C@]4(C)[C@H]3CC[C@]12C. The van der Waals surface area contributed by atoms with E-state index in [-0.39, 0.29) is 0 Å². The number of hydrogen-bond donors (Lipinski definition) is 0. The quantitative estimate of drug-likeness (QED) is 0.276. The summed E-state index contributed by atoms with van der Waals surface area (Å²) in [6, 6.07) is 20.5. The normalized spacial score (nSPS) is 35.1. The van der Waals surface area contributed by atoms with Crippen LogP contribution in [-0.2, 0) is 19.4 Å². The van der Waals surface area contributed by atoms with Gasteiger partial charge in [-0.05, 0) is 121 Å². The molecule has 1 heterocycles. The van der Waals surface area contributed by atoms with E-state index in [1.54, 1.807) is 11.3 Å². The number of fused-ring (bicyclic) bond motifs is 8. The van der Waals surface area contributed by atoms with Gasteiger partial charge in [0.05, 0.1) is 0 Å². The minimum absolute atomic E-state index is 0.458. The monoisotopic (exact) mass is 549 g/mol. The summed E-state index contributed by atoms with van der Waals surface area (Å²) in [5.74, 6) is 6.40. The second-order valence-electron chi connectivity index (χ2n) is 16.1. The molecule has 41 heavy (non-hydrogen) atoms. The summed E-state index contributed by atoms with van der Waals surface area (Å²) in [4.78, 5) is 0. The van der Waals surface area contributed by atoms with Gasteiger partial charge in [0.1, 0.15) is 0 Å². The first-order valence-electron chi connectivity index (χ1n) is 17.4. The lowest BCUT2D eigenvalue weighted by Crippen LogP contribution is -2.54. The summed E-state index contributed by atoms with van der Waals surface area (Å²) in [5, 5.41) is 1.54. The van der Waals surface area contributed by atoms with Crippen molar-refractivity contribution in [1.82, 2.24) is 4.57 Å². The third-order valence-corrected chi connectivity index (χ3v) is 13.6. The molecule has 1 nitrogen and oxygen atoms in total. The summed E-state index contributed by atoms with van der Waals surface area (Å²) in [7, 11) is 0. The molecule has 0 N–H and O–H groups in total. The molecule has 3 saturated carbocycles. The van der Waals surface area contributed by atoms with Gasteiger partial charge >= 0.3 is 0 Å². The highest BCUT2D eigenvalue weighted by molar-refractivity contribution is 5.86. The molecule has 1 heteroatoms. The topological polar surface area (TPSA) is 4.93 Å². The lowest BCUT2D eigenvalue weighted by atomic mass is 9.44. The molecule has 220 valence electrons. The van der Waals surface area contributed by atoms with Crippen LogP contribution in [0.15, 0.2) is 54.6 Å².